The zero-order chi connectivity index (χ0) is 20.1. The second-order valence-electron chi connectivity index (χ2n) is 7.15. The van der Waals surface area contributed by atoms with Crippen molar-refractivity contribution in [1.29, 1.82) is 0 Å². The number of ether oxygens (including phenoxy) is 1. The predicted molar refractivity (Wildman–Crippen MR) is 114 cm³/mol. The zero-order valence-corrected chi connectivity index (χ0v) is 17.4. The number of piperazine rings is 1. The van der Waals surface area contributed by atoms with Crippen LogP contribution in [-0.4, -0.2) is 50.1 Å². The Bertz CT molecular complexity index is 806. The second-order valence-corrected chi connectivity index (χ2v) is 7.59. The summed E-state index contributed by atoms with van der Waals surface area (Å²) in [5.41, 5.74) is 2.12. The molecule has 150 valence electrons. The lowest BCUT2D eigenvalue weighted by atomic mass is 10.1. The number of hydrogen-bond donors (Lipinski definition) is 1. The normalized spacial score (nSPS) is 17.1. The summed E-state index contributed by atoms with van der Waals surface area (Å²) in [5, 5.41) is 3.87. The maximum atomic E-state index is 12.8. The monoisotopic (exact) mass is 401 g/mol. The number of nitrogens with zero attached hydrogens (tertiary/aromatic N) is 2. The third kappa shape index (κ3) is 4.78. The van der Waals surface area contributed by atoms with Crippen LogP contribution in [-0.2, 0) is 4.79 Å². The van der Waals surface area contributed by atoms with Crippen LogP contribution in [0.15, 0.2) is 48.5 Å². The molecule has 6 heteroatoms. The summed E-state index contributed by atoms with van der Waals surface area (Å²) >= 11 is 6.11. The topological polar surface area (TPSA) is 44.8 Å². The van der Waals surface area contributed by atoms with Crippen molar-refractivity contribution in [2.24, 2.45) is 0 Å². The molecule has 1 fully saturated rings. The first kappa shape index (κ1) is 20.5. The number of carbonyl (C=O) groups excluding carboxylic acids is 1. The Kier molecular flexibility index (Phi) is 6.81. The minimum atomic E-state index is -0.182. The van der Waals surface area contributed by atoms with Crippen LogP contribution in [0.25, 0.3) is 0 Å². The van der Waals surface area contributed by atoms with Crippen LogP contribution in [0.2, 0.25) is 5.02 Å². The second kappa shape index (κ2) is 9.30. The van der Waals surface area contributed by atoms with E-state index in [9.17, 15) is 4.79 Å². The third-order valence-electron chi connectivity index (χ3n) is 5.38. The number of hydrogen-bond acceptors (Lipinski definition) is 4. The van der Waals surface area contributed by atoms with Gasteiger partial charge in [0.1, 0.15) is 5.75 Å². The largest absolute Gasteiger partial charge is 0.496 e. The molecule has 2 unspecified atom stereocenters. The third-order valence-corrected chi connectivity index (χ3v) is 5.61. The quantitative estimate of drug-likeness (QED) is 0.800. The van der Waals surface area contributed by atoms with Gasteiger partial charge < -0.3 is 15.0 Å². The Morgan fingerprint density at radius 3 is 2.46 bits per heavy atom. The molecule has 3 rings (SSSR count). The summed E-state index contributed by atoms with van der Waals surface area (Å²) < 4.78 is 5.41. The molecule has 1 aliphatic rings. The van der Waals surface area contributed by atoms with E-state index in [1.165, 1.54) is 0 Å². The molecule has 1 heterocycles. The molecule has 2 aromatic rings. The summed E-state index contributed by atoms with van der Waals surface area (Å²) in [5.74, 6) is 0.827. The van der Waals surface area contributed by atoms with Crippen LogP contribution in [0.1, 0.15) is 25.5 Å². The van der Waals surface area contributed by atoms with Gasteiger partial charge in [-0.25, -0.2) is 0 Å². The number of rotatable bonds is 6. The van der Waals surface area contributed by atoms with E-state index >= 15 is 0 Å². The first-order valence-electron chi connectivity index (χ1n) is 9.67. The summed E-state index contributed by atoms with van der Waals surface area (Å²) in [4.78, 5) is 17.3. The maximum absolute atomic E-state index is 12.8. The van der Waals surface area contributed by atoms with Crippen molar-refractivity contribution in [3.05, 3.63) is 59.1 Å². The van der Waals surface area contributed by atoms with E-state index in [4.69, 9.17) is 16.3 Å². The molecule has 5 nitrogen and oxygen atoms in total. The van der Waals surface area contributed by atoms with Gasteiger partial charge in [0.15, 0.2) is 0 Å². The smallest absolute Gasteiger partial charge is 0.237 e. The first-order chi connectivity index (χ1) is 13.5. The molecule has 28 heavy (non-hydrogen) atoms. The molecule has 1 amide bonds. The summed E-state index contributed by atoms with van der Waals surface area (Å²) in [6, 6.07) is 15.4. The van der Waals surface area contributed by atoms with Gasteiger partial charge in [0.05, 0.1) is 19.2 Å². The van der Waals surface area contributed by atoms with Crippen LogP contribution >= 0.6 is 11.6 Å². The van der Waals surface area contributed by atoms with Gasteiger partial charge in [-0.15, -0.1) is 0 Å². The number of nitrogens with one attached hydrogen (secondary N) is 1. The number of para-hydroxylation sites is 1. The molecule has 1 N–H and O–H groups in total. The van der Waals surface area contributed by atoms with Crippen LogP contribution in [0.5, 0.6) is 5.75 Å². The molecule has 1 aliphatic heterocycles. The lowest BCUT2D eigenvalue weighted by Crippen LogP contribution is -2.54. The maximum Gasteiger partial charge on any atom is 0.237 e. The minimum absolute atomic E-state index is 0.0367. The SMILES string of the molecule is COc1ccccc1C(C)NC(=O)C(C)N1CCN(c2cccc(Cl)c2)CC1. The van der Waals surface area contributed by atoms with Gasteiger partial charge in [0.2, 0.25) is 5.91 Å². The number of anilines is 1. The molecular formula is C22H28ClN3O2. The van der Waals surface area contributed by atoms with Crippen molar-refractivity contribution in [3.8, 4) is 5.75 Å². The minimum Gasteiger partial charge on any atom is -0.496 e. The van der Waals surface area contributed by atoms with Crippen molar-refractivity contribution < 1.29 is 9.53 Å². The highest BCUT2D eigenvalue weighted by Gasteiger charge is 2.27. The van der Waals surface area contributed by atoms with Gasteiger partial charge in [-0.05, 0) is 38.1 Å². The van der Waals surface area contributed by atoms with Gasteiger partial charge in [0.25, 0.3) is 0 Å². The number of methoxy groups -OCH3 is 1. The predicted octanol–water partition coefficient (Wildman–Crippen LogP) is 3.74. The zero-order valence-electron chi connectivity index (χ0n) is 16.7. The highest BCUT2D eigenvalue weighted by atomic mass is 35.5. The van der Waals surface area contributed by atoms with E-state index in [0.29, 0.717) is 0 Å². The van der Waals surface area contributed by atoms with Crippen molar-refractivity contribution in [1.82, 2.24) is 10.2 Å². The fraction of sp³-hybridized carbons (Fsp3) is 0.409. The van der Waals surface area contributed by atoms with Crippen LogP contribution < -0.4 is 15.0 Å². The Balaban J connectivity index is 1.56. The molecule has 0 radical (unpaired) electrons. The fourth-order valence-corrected chi connectivity index (χ4v) is 3.83. The molecule has 0 aliphatic carbocycles. The number of amides is 1. The van der Waals surface area contributed by atoms with E-state index in [1.54, 1.807) is 7.11 Å². The highest BCUT2D eigenvalue weighted by Crippen LogP contribution is 2.25. The highest BCUT2D eigenvalue weighted by molar-refractivity contribution is 6.30. The van der Waals surface area contributed by atoms with E-state index < -0.39 is 0 Å². The first-order valence-corrected chi connectivity index (χ1v) is 10.0. The average molecular weight is 402 g/mol. The number of carbonyl (C=O) groups is 1. The summed E-state index contributed by atoms with van der Waals surface area (Å²) in [7, 11) is 1.65. The number of halogens is 1. The van der Waals surface area contributed by atoms with Gasteiger partial charge in [-0.1, -0.05) is 35.9 Å². The Morgan fingerprint density at radius 2 is 1.79 bits per heavy atom. The molecule has 0 aromatic heterocycles. The van der Waals surface area contributed by atoms with E-state index in [1.807, 2.05) is 56.3 Å². The van der Waals surface area contributed by atoms with Crippen molar-refractivity contribution in [2.45, 2.75) is 25.9 Å². The lowest BCUT2D eigenvalue weighted by molar-refractivity contribution is -0.126. The van der Waals surface area contributed by atoms with Gasteiger partial charge in [-0.2, -0.15) is 0 Å². The molecule has 0 spiro atoms. The Labute approximate surface area is 172 Å². The Morgan fingerprint density at radius 1 is 1.07 bits per heavy atom. The van der Waals surface area contributed by atoms with Gasteiger partial charge in [-0.3, -0.25) is 9.69 Å². The molecule has 0 saturated carbocycles. The van der Waals surface area contributed by atoms with Crippen LogP contribution in [0.3, 0.4) is 0 Å². The van der Waals surface area contributed by atoms with E-state index in [2.05, 4.69) is 21.2 Å². The Hall–Kier alpha value is -2.24. The number of benzene rings is 2. The van der Waals surface area contributed by atoms with Crippen molar-refractivity contribution >= 4 is 23.2 Å². The average Bonchev–Trinajstić information content (AvgIpc) is 2.73. The molecule has 0 bridgehead atoms. The lowest BCUT2D eigenvalue weighted by Gasteiger charge is -2.38. The van der Waals surface area contributed by atoms with Crippen LogP contribution in [0, 0.1) is 0 Å². The van der Waals surface area contributed by atoms with Crippen molar-refractivity contribution in [3.63, 3.8) is 0 Å². The summed E-state index contributed by atoms with van der Waals surface area (Å²) in [6.07, 6.45) is 0. The van der Waals surface area contributed by atoms with Crippen LogP contribution in [0.4, 0.5) is 5.69 Å². The molecular weight excluding hydrogens is 374 g/mol. The summed E-state index contributed by atoms with van der Waals surface area (Å²) in [6.45, 7) is 7.38. The van der Waals surface area contributed by atoms with Gasteiger partial charge in [0, 0.05) is 42.5 Å². The molecule has 1 saturated heterocycles. The molecule has 2 aromatic carbocycles. The van der Waals surface area contributed by atoms with Gasteiger partial charge >= 0.3 is 0 Å². The van der Waals surface area contributed by atoms with E-state index in [-0.39, 0.29) is 18.0 Å². The molecule has 2 atom stereocenters. The standard InChI is InChI=1S/C22H28ClN3O2/c1-16(20-9-4-5-10-21(20)28-3)24-22(27)17(2)25-11-13-26(14-12-25)19-8-6-7-18(23)15-19/h4-10,15-17H,11-14H2,1-3H3,(H,24,27). The van der Waals surface area contributed by atoms with E-state index in [0.717, 1.165) is 48.2 Å². The van der Waals surface area contributed by atoms with Crippen molar-refractivity contribution in [2.75, 3.05) is 38.2 Å². The fourth-order valence-electron chi connectivity index (χ4n) is 3.64.